The third kappa shape index (κ3) is 3.38. The molecule has 0 heterocycles. The highest BCUT2D eigenvalue weighted by Gasteiger charge is 2.19. The summed E-state index contributed by atoms with van der Waals surface area (Å²) < 4.78 is 0. The van der Waals surface area contributed by atoms with Crippen molar-refractivity contribution in [1.82, 2.24) is 0 Å². The van der Waals surface area contributed by atoms with Crippen LogP contribution in [0.5, 0.6) is 5.75 Å². The van der Waals surface area contributed by atoms with E-state index in [1.165, 1.54) is 26.0 Å². The first-order chi connectivity index (χ1) is 8.73. The van der Waals surface area contributed by atoms with Gasteiger partial charge < -0.3 is 15.9 Å². The zero-order chi connectivity index (χ0) is 14.7. The van der Waals surface area contributed by atoms with Gasteiger partial charge in [0.25, 0.3) is 0 Å². The molecule has 0 saturated heterocycles. The van der Waals surface area contributed by atoms with Crippen LogP contribution < -0.4 is 5.73 Å². The Labute approximate surface area is 109 Å². The van der Waals surface area contributed by atoms with E-state index in [9.17, 15) is 19.5 Å². The van der Waals surface area contributed by atoms with Crippen molar-refractivity contribution in [3.63, 3.8) is 0 Å². The van der Waals surface area contributed by atoms with Crippen LogP contribution in [0.1, 0.15) is 40.1 Å². The number of hydrogen-bond donors (Lipinski definition) is 3. The average molecular weight is 265 g/mol. The Hall–Kier alpha value is -2.21. The van der Waals surface area contributed by atoms with Crippen LogP contribution in [0, 0.1) is 0 Å². The van der Waals surface area contributed by atoms with Crippen LogP contribution >= 0.6 is 0 Å². The van der Waals surface area contributed by atoms with E-state index in [4.69, 9.17) is 10.8 Å². The van der Waals surface area contributed by atoms with Gasteiger partial charge in [-0.3, -0.25) is 14.4 Å². The first-order valence-electron chi connectivity index (χ1n) is 5.60. The fourth-order valence-electron chi connectivity index (χ4n) is 1.69. The molecule has 0 bridgehead atoms. The van der Waals surface area contributed by atoms with Crippen molar-refractivity contribution < 1.29 is 24.6 Å². The second-order valence-corrected chi connectivity index (χ2v) is 4.30. The molecule has 1 aromatic carbocycles. The molecule has 0 aliphatic carbocycles. The zero-order valence-corrected chi connectivity index (χ0v) is 10.6. The number of aliphatic carboxylic acids is 1. The maximum absolute atomic E-state index is 11.4. The van der Waals surface area contributed by atoms with E-state index in [2.05, 4.69) is 0 Å². The van der Waals surface area contributed by atoms with Crippen molar-refractivity contribution in [1.29, 1.82) is 0 Å². The maximum atomic E-state index is 11.4. The molecule has 0 unspecified atom stereocenters. The van der Waals surface area contributed by atoms with Crippen LogP contribution in [-0.4, -0.2) is 33.8 Å². The van der Waals surface area contributed by atoms with Crippen molar-refractivity contribution in [2.24, 2.45) is 5.73 Å². The van der Waals surface area contributed by atoms with Gasteiger partial charge in [-0.25, -0.2) is 0 Å². The number of carboxylic acid groups (broad SMARTS) is 1. The quantitative estimate of drug-likeness (QED) is 0.676. The van der Waals surface area contributed by atoms with Gasteiger partial charge in [0, 0.05) is 0 Å². The number of ketones is 2. The van der Waals surface area contributed by atoms with Gasteiger partial charge in [-0.1, -0.05) is 0 Å². The number of hydrogen-bond acceptors (Lipinski definition) is 5. The van der Waals surface area contributed by atoms with Crippen molar-refractivity contribution in [2.45, 2.75) is 26.3 Å². The predicted octanol–water partition coefficient (Wildman–Crippen LogP) is 0.752. The number of aromatic hydroxyl groups is 1. The molecule has 1 aromatic rings. The maximum Gasteiger partial charge on any atom is 0.320 e. The lowest BCUT2D eigenvalue weighted by Gasteiger charge is -2.11. The summed E-state index contributed by atoms with van der Waals surface area (Å²) in [5.74, 6) is -2.38. The van der Waals surface area contributed by atoms with Gasteiger partial charge in [-0.2, -0.15) is 0 Å². The summed E-state index contributed by atoms with van der Waals surface area (Å²) in [6, 6.07) is 1.57. The standard InChI is InChI=1S/C13H15NO5/c1-6(15)9-3-8(5-11(14)13(18)19)4-10(7(2)16)12(9)17/h3-4,11,17H,5,14H2,1-2H3,(H,18,19)/t11-/m0/s1. The molecule has 4 N–H and O–H groups in total. The van der Waals surface area contributed by atoms with Crippen LogP contribution in [0.25, 0.3) is 0 Å². The van der Waals surface area contributed by atoms with Gasteiger partial charge in [-0.15, -0.1) is 0 Å². The van der Waals surface area contributed by atoms with Crippen LogP contribution in [0.15, 0.2) is 12.1 Å². The van der Waals surface area contributed by atoms with Crippen LogP contribution in [0.2, 0.25) is 0 Å². The molecule has 6 nitrogen and oxygen atoms in total. The lowest BCUT2D eigenvalue weighted by molar-refractivity contribution is -0.138. The fourth-order valence-corrected chi connectivity index (χ4v) is 1.69. The van der Waals surface area contributed by atoms with Crippen LogP contribution in [-0.2, 0) is 11.2 Å². The Morgan fingerprint density at radius 2 is 1.58 bits per heavy atom. The third-order valence-electron chi connectivity index (χ3n) is 2.70. The molecule has 1 rings (SSSR count). The molecular formula is C13H15NO5. The monoisotopic (exact) mass is 265 g/mol. The fraction of sp³-hybridized carbons (Fsp3) is 0.308. The number of phenolic OH excluding ortho intramolecular Hbond substituents is 1. The molecule has 0 aliphatic heterocycles. The Bertz CT molecular complexity index is 515. The van der Waals surface area contributed by atoms with E-state index in [0.717, 1.165) is 0 Å². The van der Waals surface area contributed by atoms with Gasteiger partial charge in [0.05, 0.1) is 11.1 Å². The second-order valence-electron chi connectivity index (χ2n) is 4.30. The van der Waals surface area contributed by atoms with Crippen molar-refractivity contribution in [2.75, 3.05) is 0 Å². The summed E-state index contributed by atoms with van der Waals surface area (Å²) in [6.45, 7) is 2.50. The van der Waals surface area contributed by atoms with Gasteiger partial charge in [0.2, 0.25) is 0 Å². The van der Waals surface area contributed by atoms with Gasteiger partial charge in [-0.05, 0) is 38.0 Å². The number of nitrogens with two attached hydrogens (primary N) is 1. The Balaban J connectivity index is 3.30. The summed E-state index contributed by atoms with van der Waals surface area (Å²) >= 11 is 0. The van der Waals surface area contributed by atoms with Crippen LogP contribution in [0.3, 0.4) is 0 Å². The molecular weight excluding hydrogens is 250 g/mol. The van der Waals surface area contributed by atoms with Gasteiger partial charge in [0.1, 0.15) is 11.8 Å². The topological polar surface area (TPSA) is 118 Å². The number of carbonyl (C=O) groups is 3. The molecule has 19 heavy (non-hydrogen) atoms. The van der Waals surface area contributed by atoms with E-state index in [1.807, 2.05) is 0 Å². The molecule has 0 aliphatic rings. The molecule has 0 fully saturated rings. The minimum absolute atomic E-state index is 0.0136. The Morgan fingerprint density at radius 1 is 1.16 bits per heavy atom. The number of carboxylic acids is 1. The molecule has 1 atom stereocenters. The molecule has 6 heteroatoms. The van der Waals surface area contributed by atoms with Gasteiger partial charge >= 0.3 is 5.97 Å². The average Bonchev–Trinajstić information content (AvgIpc) is 2.30. The molecule has 0 radical (unpaired) electrons. The molecule has 0 amide bonds. The van der Waals surface area contributed by atoms with Gasteiger partial charge in [0.15, 0.2) is 11.6 Å². The van der Waals surface area contributed by atoms with E-state index < -0.39 is 23.6 Å². The number of phenols is 1. The summed E-state index contributed by atoms with van der Waals surface area (Å²) in [5, 5.41) is 18.6. The second kappa shape index (κ2) is 5.62. The zero-order valence-electron chi connectivity index (χ0n) is 10.6. The lowest BCUT2D eigenvalue weighted by atomic mass is 9.96. The number of Topliss-reactive ketones (excluding diaryl/α,β-unsaturated/α-hetero) is 2. The Kier molecular flexibility index (Phi) is 4.39. The first-order valence-corrected chi connectivity index (χ1v) is 5.60. The van der Waals surface area contributed by atoms with Crippen molar-refractivity contribution in [3.05, 3.63) is 28.8 Å². The van der Waals surface area contributed by atoms with E-state index >= 15 is 0 Å². The van der Waals surface area contributed by atoms with E-state index in [0.29, 0.717) is 5.56 Å². The first kappa shape index (κ1) is 14.8. The molecule has 102 valence electrons. The lowest BCUT2D eigenvalue weighted by Crippen LogP contribution is -2.32. The summed E-state index contributed by atoms with van der Waals surface area (Å²) in [7, 11) is 0. The molecule has 0 spiro atoms. The highest BCUT2D eigenvalue weighted by molar-refractivity contribution is 6.04. The SMILES string of the molecule is CC(=O)c1cc(C[C@H](N)C(=O)O)cc(C(C)=O)c1O. The normalized spacial score (nSPS) is 11.9. The van der Waals surface area contributed by atoms with Crippen molar-refractivity contribution in [3.8, 4) is 5.75 Å². The minimum Gasteiger partial charge on any atom is -0.506 e. The molecule has 0 saturated carbocycles. The minimum atomic E-state index is -1.18. The third-order valence-corrected chi connectivity index (χ3v) is 2.70. The van der Waals surface area contributed by atoms with Crippen LogP contribution in [0.4, 0.5) is 0 Å². The number of benzene rings is 1. The van der Waals surface area contributed by atoms with Crippen molar-refractivity contribution >= 4 is 17.5 Å². The largest absolute Gasteiger partial charge is 0.506 e. The summed E-state index contributed by atoms with van der Waals surface area (Å²) in [6.07, 6.45) is -0.0316. The number of rotatable bonds is 5. The van der Waals surface area contributed by atoms with E-state index in [1.54, 1.807) is 0 Å². The predicted molar refractivity (Wildman–Crippen MR) is 67.4 cm³/mol. The highest BCUT2D eigenvalue weighted by Crippen LogP contribution is 2.26. The summed E-state index contributed by atoms with van der Waals surface area (Å²) in [5.41, 5.74) is 5.80. The van der Waals surface area contributed by atoms with E-state index in [-0.39, 0.29) is 23.3 Å². The molecule has 0 aromatic heterocycles. The summed E-state index contributed by atoms with van der Waals surface area (Å²) in [4.78, 5) is 33.5. The number of carbonyl (C=O) groups excluding carboxylic acids is 2. The highest BCUT2D eigenvalue weighted by atomic mass is 16.4. The smallest absolute Gasteiger partial charge is 0.320 e. The Morgan fingerprint density at radius 3 is 1.89 bits per heavy atom.